The summed E-state index contributed by atoms with van der Waals surface area (Å²) >= 11 is 11.6. The van der Waals surface area contributed by atoms with E-state index in [1.807, 2.05) is 0 Å². The quantitative estimate of drug-likeness (QED) is 0.867. The molecule has 0 aliphatic carbocycles. The van der Waals surface area contributed by atoms with Crippen LogP contribution in [0.1, 0.15) is 17.2 Å². The molecule has 1 atom stereocenters. The number of hydrogen-bond acceptors (Lipinski definition) is 1. The highest BCUT2D eigenvalue weighted by molar-refractivity contribution is 6.31. The lowest BCUT2D eigenvalue weighted by Gasteiger charge is -2.14. The first kappa shape index (κ1) is 12.4. The van der Waals surface area contributed by atoms with E-state index in [-0.39, 0.29) is 10.6 Å². The lowest BCUT2D eigenvalue weighted by Crippen LogP contribution is -2.03. The Hall–Kier alpha value is -1.09. The number of aliphatic hydroxyl groups excluding tert-OH is 1. The molecule has 0 saturated carbocycles. The van der Waals surface area contributed by atoms with E-state index >= 15 is 0 Å². The van der Waals surface area contributed by atoms with Crippen LogP contribution in [0.3, 0.4) is 0 Å². The van der Waals surface area contributed by atoms with Gasteiger partial charge in [-0.15, -0.1) is 0 Å². The van der Waals surface area contributed by atoms with E-state index in [0.717, 1.165) is 0 Å². The van der Waals surface area contributed by atoms with E-state index in [9.17, 15) is 9.50 Å². The summed E-state index contributed by atoms with van der Waals surface area (Å²) < 4.78 is 13.6. The summed E-state index contributed by atoms with van der Waals surface area (Å²) in [7, 11) is 0. The fourth-order valence-electron chi connectivity index (χ4n) is 1.58. The highest BCUT2D eigenvalue weighted by atomic mass is 35.5. The Balaban J connectivity index is 2.43. The molecule has 0 heterocycles. The molecule has 0 aliphatic heterocycles. The third kappa shape index (κ3) is 2.60. The molecule has 0 aromatic heterocycles. The minimum Gasteiger partial charge on any atom is -0.383 e. The normalized spacial score (nSPS) is 12.5. The molecule has 1 nitrogen and oxygen atoms in total. The molecule has 0 aliphatic rings. The molecule has 0 spiro atoms. The first-order chi connectivity index (χ1) is 8.09. The Kier molecular flexibility index (Phi) is 3.67. The zero-order valence-electron chi connectivity index (χ0n) is 8.70. The van der Waals surface area contributed by atoms with Gasteiger partial charge in [-0.25, -0.2) is 4.39 Å². The molecule has 0 saturated heterocycles. The second kappa shape index (κ2) is 5.05. The summed E-state index contributed by atoms with van der Waals surface area (Å²) in [5.74, 6) is -0.528. The van der Waals surface area contributed by atoms with Crippen LogP contribution in [-0.2, 0) is 0 Å². The summed E-state index contributed by atoms with van der Waals surface area (Å²) in [6, 6.07) is 10.8. The topological polar surface area (TPSA) is 20.2 Å². The lowest BCUT2D eigenvalue weighted by molar-refractivity contribution is 0.215. The van der Waals surface area contributed by atoms with Crippen molar-refractivity contribution in [3.63, 3.8) is 0 Å². The smallest absolute Gasteiger partial charge is 0.130 e. The average Bonchev–Trinajstić information content (AvgIpc) is 2.29. The molecule has 2 aromatic rings. The van der Waals surface area contributed by atoms with Crippen LogP contribution in [0.4, 0.5) is 4.39 Å². The predicted molar refractivity (Wildman–Crippen MR) is 66.9 cm³/mol. The van der Waals surface area contributed by atoms with Crippen LogP contribution in [0.5, 0.6) is 0 Å². The van der Waals surface area contributed by atoms with Gasteiger partial charge in [-0.1, -0.05) is 41.4 Å². The Bertz CT molecular complexity index is 505. The Morgan fingerprint density at radius 2 is 1.65 bits per heavy atom. The van der Waals surface area contributed by atoms with Crippen LogP contribution in [0.2, 0.25) is 10.0 Å². The molecule has 0 bridgehead atoms. The fourth-order valence-corrected chi connectivity index (χ4v) is 1.98. The van der Waals surface area contributed by atoms with Crippen molar-refractivity contribution >= 4 is 23.2 Å². The molecule has 0 radical (unpaired) electrons. The molecule has 0 fully saturated rings. The van der Waals surface area contributed by atoms with Gasteiger partial charge in [-0.2, -0.15) is 0 Å². The van der Waals surface area contributed by atoms with Gasteiger partial charge >= 0.3 is 0 Å². The summed E-state index contributed by atoms with van der Waals surface area (Å²) in [5.41, 5.74) is 0.623. The van der Waals surface area contributed by atoms with Gasteiger partial charge in [-0.05, 0) is 29.8 Å². The number of benzene rings is 2. The minimum atomic E-state index is -1.10. The fraction of sp³-hybridized carbons (Fsp3) is 0.0769. The average molecular weight is 271 g/mol. The van der Waals surface area contributed by atoms with Crippen LogP contribution < -0.4 is 0 Å². The molecule has 4 heteroatoms. The molecular formula is C13H9Cl2FO. The van der Waals surface area contributed by atoms with Crippen LogP contribution in [0.15, 0.2) is 42.5 Å². The Morgan fingerprint density at radius 1 is 1.00 bits per heavy atom. The Morgan fingerprint density at radius 3 is 2.24 bits per heavy atom. The molecule has 1 N–H and O–H groups in total. The van der Waals surface area contributed by atoms with Crippen LogP contribution in [0, 0.1) is 5.82 Å². The number of halogens is 3. The van der Waals surface area contributed by atoms with Crippen LogP contribution in [0.25, 0.3) is 0 Å². The molecule has 17 heavy (non-hydrogen) atoms. The van der Waals surface area contributed by atoms with E-state index in [1.54, 1.807) is 30.3 Å². The van der Waals surface area contributed by atoms with Crippen molar-refractivity contribution in [2.24, 2.45) is 0 Å². The molecule has 0 amide bonds. The first-order valence-electron chi connectivity index (χ1n) is 4.97. The van der Waals surface area contributed by atoms with Crippen molar-refractivity contribution < 1.29 is 9.50 Å². The lowest BCUT2D eigenvalue weighted by atomic mass is 10.0. The standard InChI is InChI=1S/C13H9Cl2FO/c14-9-6-4-8(5-7-9)13(17)12-10(15)2-1-3-11(12)16/h1-7,13,17H. The highest BCUT2D eigenvalue weighted by Crippen LogP contribution is 2.30. The summed E-state index contributed by atoms with van der Waals surface area (Å²) in [5, 5.41) is 10.8. The van der Waals surface area contributed by atoms with Gasteiger partial charge < -0.3 is 5.11 Å². The van der Waals surface area contributed by atoms with Crippen LogP contribution >= 0.6 is 23.2 Å². The largest absolute Gasteiger partial charge is 0.383 e. The predicted octanol–water partition coefficient (Wildman–Crippen LogP) is 4.21. The first-order valence-corrected chi connectivity index (χ1v) is 5.72. The molecule has 2 aromatic carbocycles. The maximum absolute atomic E-state index is 13.6. The van der Waals surface area contributed by atoms with E-state index < -0.39 is 11.9 Å². The molecule has 88 valence electrons. The number of hydrogen-bond donors (Lipinski definition) is 1. The van der Waals surface area contributed by atoms with Crippen molar-refractivity contribution in [3.05, 3.63) is 69.5 Å². The third-order valence-electron chi connectivity index (χ3n) is 2.46. The second-order valence-electron chi connectivity index (χ2n) is 3.59. The maximum Gasteiger partial charge on any atom is 0.130 e. The highest BCUT2D eigenvalue weighted by Gasteiger charge is 2.18. The molecular weight excluding hydrogens is 262 g/mol. The van der Waals surface area contributed by atoms with Crippen molar-refractivity contribution in [2.75, 3.05) is 0 Å². The third-order valence-corrected chi connectivity index (χ3v) is 3.04. The van der Waals surface area contributed by atoms with Gasteiger partial charge in [0, 0.05) is 15.6 Å². The molecule has 2 rings (SSSR count). The van der Waals surface area contributed by atoms with Crippen molar-refractivity contribution in [1.29, 1.82) is 0 Å². The van der Waals surface area contributed by atoms with E-state index in [2.05, 4.69) is 0 Å². The summed E-state index contributed by atoms with van der Waals surface area (Å²) in [6.45, 7) is 0. The zero-order valence-corrected chi connectivity index (χ0v) is 10.2. The van der Waals surface area contributed by atoms with Gasteiger partial charge in [0.25, 0.3) is 0 Å². The number of rotatable bonds is 2. The van der Waals surface area contributed by atoms with Gasteiger partial charge in [0.15, 0.2) is 0 Å². The maximum atomic E-state index is 13.6. The van der Waals surface area contributed by atoms with E-state index in [1.165, 1.54) is 12.1 Å². The SMILES string of the molecule is OC(c1ccc(Cl)cc1)c1c(F)cccc1Cl. The second-order valence-corrected chi connectivity index (χ2v) is 4.43. The van der Waals surface area contributed by atoms with Crippen molar-refractivity contribution in [3.8, 4) is 0 Å². The van der Waals surface area contributed by atoms with E-state index in [4.69, 9.17) is 23.2 Å². The minimum absolute atomic E-state index is 0.0801. The summed E-state index contributed by atoms with van der Waals surface area (Å²) in [4.78, 5) is 0. The number of aliphatic hydroxyl groups is 1. The van der Waals surface area contributed by atoms with Gasteiger partial charge in [0.05, 0.1) is 0 Å². The van der Waals surface area contributed by atoms with Gasteiger partial charge in [0.2, 0.25) is 0 Å². The van der Waals surface area contributed by atoms with Crippen molar-refractivity contribution in [2.45, 2.75) is 6.10 Å². The van der Waals surface area contributed by atoms with Gasteiger partial charge in [0.1, 0.15) is 11.9 Å². The molecule has 1 unspecified atom stereocenters. The zero-order chi connectivity index (χ0) is 12.4. The van der Waals surface area contributed by atoms with E-state index in [0.29, 0.717) is 10.6 Å². The van der Waals surface area contributed by atoms with Crippen molar-refractivity contribution in [1.82, 2.24) is 0 Å². The summed E-state index contributed by atoms with van der Waals surface area (Å²) in [6.07, 6.45) is -1.10. The monoisotopic (exact) mass is 270 g/mol. The van der Waals surface area contributed by atoms with Gasteiger partial charge in [-0.3, -0.25) is 0 Å². The van der Waals surface area contributed by atoms with Crippen LogP contribution in [-0.4, -0.2) is 5.11 Å². The Labute approximate surface area is 108 Å².